The number of isocyanates is 1. The fraction of sp³-hybridized carbons (Fsp3) is 0.364. The number of hydrogen-bond acceptors (Lipinski definition) is 4. The van der Waals surface area contributed by atoms with E-state index in [1.165, 1.54) is 0 Å². The Kier molecular flexibility index (Phi) is 3.00. The molecule has 0 fully saturated rings. The maximum Gasteiger partial charge on any atom is 0.235 e. The van der Waals surface area contributed by atoms with Crippen LogP contribution in [0.15, 0.2) is 29.3 Å². The van der Waals surface area contributed by atoms with Gasteiger partial charge >= 0.3 is 0 Å². The van der Waals surface area contributed by atoms with Crippen molar-refractivity contribution in [2.75, 3.05) is 31.1 Å². The van der Waals surface area contributed by atoms with Gasteiger partial charge in [0.15, 0.2) is 0 Å². The van der Waals surface area contributed by atoms with Gasteiger partial charge in [0, 0.05) is 6.54 Å². The molecule has 1 aromatic rings. The first-order valence-electron chi connectivity index (χ1n) is 4.92. The number of nitrogens with zero attached hydrogens (tertiary/aromatic N) is 2. The van der Waals surface area contributed by atoms with Gasteiger partial charge in [-0.25, -0.2) is 9.79 Å². The second kappa shape index (κ2) is 4.62. The lowest BCUT2D eigenvalue weighted by atomic mass is 10.2. The van der Waals surface area contributed by atoms with Gasteiger partial charge in [0.1, 0.15) is 12.4 Å². The first-order valence-corrected chi connectivity index (χ1v) is 4.92. The third-order valence-corrected chi connectivity index (χ3v) is 2.37. The number of benzene rings is 1. The molecule has 1 aliphatic heterocycles. The highest BCUT2D eigenvalue weighted by Crippen LogP contribution is 2.30. The normalized spacial score (nSPS) is 13.7. The summed E-state index contributed by atoms with van der Waals surface area (Å²) in [6.45, 7) is 2.74. The van der Waals surface area contributed by atoms with Gasteiger partial charge in [-0.1, -0.05) is 12.1 Å². The smallest absolute Gasteiger partial charge is 0.235 e. The maximum absolute atomic E-state index is 9.96. The molecule has 2 rings (SSSR count). The van der Waals surface area contributed by atoms with Crippen molar-refractivity contribution in [3.8, 4) is 5.75 Å². The van der Waals surface area contributed by atoms with E-state index in [1.807, 2.05) is 24.3 Å². The predicted octanol–water partition coefficient (Wildman–Crippen LogP) is 1.22. The summed E-state index contributed by atoms with van der Waals surface area (Å²) in [5.41, 5.74) is 1.07. The monoisotopic (exact) mass is 204 g/mol. The molecule has 0 amide bonds. The minimum Gasteiger partial charge on any atom is -0.490 e. The molecule has 1 aliphatic rings. The van der Waals surface area contributed by atoms with Crippen molar-refractivity contribution in [3.63, 3.8) is 0 Å². The molecule has 0 spiro atoms. The summed E-state index contributed by atoms with van der Waals surface area (Å²) in [5, 5.41) is 0. The lowest BCUT2D eigenvalue weighted by Crippen LogP contribution is -2.34. The van der Waals surface area contributed by atoms with Crippen LogP contribution < -0.4 is 9.64 Å². The third-order valence-electron chi connectivity index (χ3n) is 2.37. The fourth-order valence-electron chi connectivity index (χ4n) is 1.68. The van der Waals surface area contributed by atoms with Crippen molar-refractivity contribution in [1.82, 2.24) is 0 Å². The first kappa shape index (κ1) is 9.74. The van der Waals surface area contributed by atoms with E-state index in [1.54, 1.807) is 6.08 Å². The molecule has 0 radical (unpaired) electrons. The minimum absolute atomic E-state index is 0.484. The minimum atomic E-state index is 0.484. The van der Waals surface area contributed by atoms with Gasteiger partial charge in [0.05, 0.1) is 18.8 Å². The van der Waals surface area contributed by atoms with Crippen molar-refractivity contribution in [3.05, 3.63) is 24.3 Å². The van der Waals surface area contributed by atoms with Crippen LogP contribution in [-0.4, -0.2) is 32.3 Å². The van der Waals surface area contributed by atoms with Gasteiger partial charge in [0.2, 0.25) is 6.08 Å². The third kappa shape index (κ3) is 2.17. The van der Waals surface area contributed by atoms with E-state index >= 15 is 0 Å². The molecule has 0 saturated heterocycles. The molecule has 4 nitrogen and oxygen atoms in total. The van der Waals surface area contributed by atoms with Gasteiger partial charge < -0.3 is 9.64 Å². The summed E-state index contributed by atoms with van der Waals surface area (Å²) in [7, 11) is 0. The number of fused-ring (bicyclic) bond motifs is 1. The Morgan fingerprint density at radius 3 is 3.20 bits per heavy atom. The first-order chi connectivity index (χ1) is 7.42. The molecule has 0 N–H and O–H groups in total. The van der Waals surface area contributed by atoms with Crippen molar-refractivity contribution < 1.29 is 9.53 Å². The van der Waals surface area contributed by atoms with E-state index in [0.29, 0.717) is 13.2 Å². The average molecular weight is 204 g/mol. The number of anilines is 1. The number of rotatable bonds is 3. The van der Waals surface area contributed by atoms with E-state index < -0.39 is 0 Å². The molecule has 15 heavy (non-hydrogen) atoms. The molecule has 4 heteroatoms. The quantitative estimate of drug-likeness (QED) is 0.549. The fourth-order valence-corrected chi connectivity index (χ4v) is 1.68. The zero-order valence-electron chi connectivity index (χ0n) is 8.35. The standard InChI is InChI=1S/C11H12N2O2/c14-9-12-5-6-13-7-8-15-11-4-2-1-3-10(11)13/h1-4H,5-8H2. The Morgan fingerprint density at radius 1 is 1.47 bits per heavy atom. The Bertz CT molecular complexity index is 386. The van der Waals surface area contributed by atoms with Crippen molar-refractivity contribution in [2.45, 2.75) is 0 Å². The van der Waals surface area contributed by atoms with E-state index in [2.05, 4.69) is 9.89 Å². The predicted molar refractivity (Wildman–Crippen MR) is 57.1 cm³/mol. The molecule has 78 valence electrons. The van der Waals surface area contributed by atoms with Gasteiger partial charge in [-0.05, 0) is 12.1 Å². The number of para-hydroxylation sites is 2. The molecular weight excluding hydrogens is 192 g/mol. The topological polar surface area (TPSA) is 41.9 Å². The van der Waals surface area contributed by atoms with Crippen LogP contribution in [0.3, 0.4) is 0 Å². The molecular formula is C11H12N2O2. The summed E-state index contributed by atoms with van der Waals surface area (Å²) in [6.07, 6.45) is 1.55. The lowest BCUT2D eigenvalue weighted by molar-refractivity contribution is 0.308. The van der Waals surface area contributed by atoms with Crippen LogP contribution >= 0.6 is 0 Å². The van der Waals surface area contributed by atoms with Crippen LogP contribution in [0, 0.1) is 0 Å². The number of ether oxygens (including phenoxy) is 1. The zero-order chi connectivity index (χ0) is 10.5. The Balaban J connectivity index is 2.11. The van der Waals surface area contributed by atoms with Crippen LogP contribution in [0.5, 0.6) is 5.75 Å². The van der Waals surface area contributed by atoms with E-state index in [4.69, 9.17) is 4.74 Å². The summed E-state index contributed by atoms with van der Waals surface area (Å²) in [4.78, 5) is 15.7. The van der Waals surface area contributed by atoms with Gasteiger partial charge in [-0.3, -0.25) is 0 Å². The molecule has 0 saturated carbocycles. The Labute approximate surface area is 88.2 Å². The van der Waals surface area contributed by atoms with E-state index in [-0.39, 0.29) is 0 Å². The molecule has 0 unspecified atom stereocenters. The van der Waals surface area contributed by atoms with Crippen molar-refractivity contribution in [1.29, 1.82) is 0 Å². The number of carbonyl (C=O) groups excluding carboxylic acids is 1. The average Bonchev–Trinajstić information content (AvgIpc) is 2.30. The van der Waals surface area contributed by atoms with E-state index in [0.717, 1.165) is 24.5 Å². The van der Waals surface area contributed by atoms with Crippen LogP contribution in [0.2, 0.25) is 0 Å². The van der Waals surface area contributed by atoms with Crippen LogP contribution in [-0.2, 0) is 4.79 Å². The second-order valence-corrected chi connectivity index (χ2v) is 3.28. The van der Waals surface area contributed by atoms with E-state index in [9.17, 15) is 4.79 Å². The SMILES string of the molecule is O=C=NCCN1CCOc2ccccc21. The van der Waals surface area contributed by atoms with Crippen molar-refractivity contribution >= 4 is 11.8 Å². The van der Waals surface area contributed by atoms with Gasteiger partial charge in [-0.15, -0.1) is 0 Å². The highest BCUT2D eigenvalue weighted by atomic mass is 16.5. The lowest BCUT2D eigenvalue weighted by Gasteiger charge is -2.30. The molecule has 0 bridgehead atoms. The van der Waals surface area contributed by atoms with Gasteiger partial charge in [-0.2, -0.15) is 0 Å². The summed E-state index contributed by atoms with van der Waals surface area (Å²) in [6, 6.07) is 7.89. The Hall–Kier alpha value is -1.80. The number of hydrogen-bond donors (Lipinski definition) is 0. The summed E-state index contributed by atoms with van der Waals surface area (Å²) < 4.78 is 5.51. The highest BCUT2D eigenvalue weighted by molar-refractivity contribution is 5.59. The summed E-state index contributed by atoms with van der Waals surface area (Å²) >= 11 is 0. The molecule has 1 heterocycles. The maximum atomic E-state index is 9.96. The molecule has 0 aromatic heterocycles. The van der Waals surface area contributed by atoms with Crippen molar-refractivity contribution in [2.24, 2.45) is 4.99 Å². The van der Waals surface area contributed by atoms with Crippen LogP contribution in [0.25, 0.3) is 0 Å². The van der Waals surface area contributed by atoms with Crippen LogP contribution in [0.1, 0.15) is 0 Å². The number of aliphatic imine (C=N–C) groups is 1. The summed E-state index contributed by atoms with van der Waals surface area (Å²) in [5.74, 6) is 0.902. The zero-order valence-corrected chi connectivity index (χ0v) is 8.35. The molecule has 1 aromatic carbocycles. The largest absolute Gasteiger partial charge is 0.490 e. The second-order valence-electron chi connectivity index (χ2n) is 3.28. The van der Waals surface area contributed by atoms with Gasteiger partial charge in [0.25, 0.3) is 0 Å². The highest BCUT2D eigenvalue weighted by Gasteiger charge is 2.16. The Morgan fingerprint density at radius 2 is 2.33 bits per heavy atom. The molecule has 0 atom stereocenters. The van der Waals surface area contributed by atoms with Crippen LogP contribution in [0.4, 0.5) is 5.69 Å². The molecule has 0 aliphatic carbocycles.